The highest BCUT2D eigenvalue weighted by Crippen LogP contribution is 2.49. The Bertz CT molecular complexity index is 482. The maximum atomic E-state index is 5.91. The van der Waals surface area contributed by atoms with Gasteiger partial charge in [-0.1, -0.05) is 26.3 Å². The molecule has 0 bridgehead atoms. The Labute approximate surface area is 122 Å². The smallest absolute Gasteiger partial charge is 0.122 e. The number of hydrogen-bond donors (Lipinski definition) is 2. The van der Waals surface area contributed by atoms with Crippen molar-refractivity contribution in [3.05, 3.63) is 28.8 Å². The van der Waals surface area contributed by atoms with Crippen molar-refractivity contribution in [1.29, 1.82) is 0 Å². The zero-order valence-corrected chi connectivity index (χ0v) is 13.4. The van der Waals surface area contributed by atoms with Crippen LogP contribution in [0.1, 0.15) is 55.8 Å². The van der Waals surface area contributed by atoms with Crippen molar-refractivity contribution in [2.75, 3.05) is 7.11 Å². The molecule has 0 spiro atoms. The summed E-state index contributed by atoms with van der Waals surface area (Å²) in [7, 11) is 1.72. The molecule has 0 aliphatic heterocycles. The molecule has 1 aliphatic carbocycles. The first-order valence-electron chi connectivity index (χ1n) is 7.52. The van der Waals surface area contributed by atoms with E-state index in [1.807, 2.05) is 0 Å². The van der Waals surface area contributed by atoms with Crippen molar-refractivity contribution in [3.63, 3.8) is 0 Å². The van der Waals surface area contributed by atoms with Gasteiger partial charge >= 0.3 is 0 Å². The number of nitrogens with one attached hydrogen (secondary N) is 1. The predicted molar refractivity (Wildman–Crippen MR) is 83.7 cm³/mol. The highest BCUT2D eigenvalue weighted by atomic mass is 16.5. The second kappa shape index (κ2) is 5.74. The van der Waals surface area contributed by atoms with Gasteiger partial charge in [-0.15, -0.1) is 0 Å². The first kappa shape index (κ1) is 15.3. The fourth-order valence-corrected chi connectivity index (χ4v) is 3.76. The average molecular weight is 276 g/mol. The maximum Gasteiger partial charge on any atom is 0.122 e. The highest BCUT2D eigenvalue weighted by Gasteiger charge is 2.40. The van der Waals surface area contributed by atoms with Crippen LogP contribution in [0, 0.1) is 25.2 Å². The van der Waals surface area contributed by atoms with Gasteiger partial charge in [-0.2, -0.15) is 0 Å². The number of rotatable bonds is 4. The molecule has 0 heterocycles. The van der Waals surface area contributed by atoms with Crippen LogP contribution in [-0.2, 0) is 0 Å². The number of aryl methyl sites for hydroxylation is 2. The molecule has 20 heavy (non-hydrogen) atoms. The van der Waals surface area contributed by atoms with E-state index in [9.17, 15) is 0 Å². The predicted octanol–water partition coefficient (Wildman–Crippen LogP) is 3.64. The molecule has 2 atom stereocenters. The van der Waals surface area contributed by atoms with Gasteiger partial charge in [0.2, 0.25) is 0 Å². The third-order valence-corrected chi connectivity index (χ3v) is 5.04. The van der Waals surface area contributed by atoms with Gasteiger partial charge in [0.1, 0.15) is 5.75 Å². The van der Waals surface area contributed by atoms with Crippen molar-refractivity contribution in [2.24, 2.45) is 17.2 Å². The van der Waals surface area contributed by atoms with Crippen LogP contribution >= 0.6 is 0 Å². The van der Waals surface area contributed by atoms with E-state index in [-0.39, 0.29) is 6.04 Å². The lowest BCUT2D eigenvalue weighted by Gasteiger charge is -2.35. The number of nitrogens with two attached hydrogens (primary N) is 1. The Morgan fingerprint density at radius 3 is 2.50 bits per heavy atom. The van der Waals surface area contributed by atoms with Gasteiger partial charge < -0.3 is 4.74 Å². The normalized spacial score (nSPS) is 22.8. The van der Waals surface area contributed by atoms with Crippen molar-refractivity contribution < 1.29 is 4.74 Å². The van der Waals surface area contributed by atoms with Gasteiger partial charge in [0.15, 0.2) is 0 Å². The van der Waals surface area contributed by atoms with Crippen molar-refractivity contribution in [2.45, 2.75) is 53.0 Å². The minimum Gasteiger partial charge on any atom is -0.496 e. The molecule has 0 aromatic heterocycles. The molecule has 1 saturated carbocycles. The van der Waals surface area contributed by atoms with Crippen LogP contribution in [0.3, 0.4) is 0 Å². The molecule has 0 amide bonds. The zero-order chi connectivity index (χ0) is 14.9. The summed E-state index contributed by atoms with van der Waals surface area (Å²) in [4.78, 5) is 0. The van der Waals surface area contributed by atoms with Crippen molar-refractivity contribution in [3.8, 4) is 5.75 Å². The van der Waals surface area contributed by atoms with Crippen LogP contribution in [0.4, 0.5) is 0 Å². The second-order valence-corrected chi connectivity index (χ2v) is 6.81. The molecule has 1 fully saturated rings. The summed E-state index contributed by atoms with van der Waals surface area (Å²) < 4.78 is 5.41. The Morgan fingerprint density at radius 2 is 2.00 bits per heavy atom. The van der Waals surface area contributed by atoms with E-state index >= 15 is 0 Å². The Kier molecular flexibility index (Phi) is 4.40. The lowest BCUT2D eigenvalue weighted by molar-refractivity contribution is 0.198. The third-order valence-electron chi connectivity index (χ3n) is 5.04. The molecule has 2 rings (SSSR count). The summed E-state index contributed by atoms with van der Waals surface area (Å²) in [6, 6.07) is 4.57. The van der Waals surface area contributed by atoms with E-state index in [4.69, 9.17) is 10.6 Å². The number of hydrazine groups is 1. The molecule has 112 valence electrons. The molecule has 1 aliphatic rings. The number of benzene rings is 1. The van der Waals surface area contributed by atoms with Crippen LogP contribution in [0.2, 0.25) is 0 Å². The van der Waals surface area contributed by atoms with Gasteiger partial charge in [0.05, 0.1) is 7.11 Å². The van der Waals surface area contributed by atoms with E-state index in [1.54, 1.807) is 7.11 Å². The Morgan fingerprint density at radius 1 is 1.30 bits per heavy atom. The van der Waals surface area contributed by atoms with E-state index in [0.717, 1.165) is 5.75 Å². The van der Waals surface area contributed by atoms with Crippen LogP contribution in [0.25, 0.3) is 0 Å². The van der Waals surface area contributed by atoms with E-state index in [0.29, 0.717) is 11.3 Å². The maximum absolute atomic E-state index is 5.91. The van der Waals surface area contributed by atoms with Gasteiger partial charge in [-0.3, -0.25) is 11.3 Å². The minimum absolute atomic E-state index is 0.220. The summed E-state index contributed by atoms with van der Waals surface area (Å²) in [5.74, 6) is 7.45. The quantitative estimate of drug-likeness (QED) is 0.652. The van der Waals surface area contributed by atoms with Gasteiger partial charge in [-0.25, -0.2) is 0 Å². The monoisotopic (exact) mass is 276 g/mol. The molecule has 3 heteroatoms. The SMILES string of the molecule is COc1cc(C)c(C(NN)C2CCCC2(C)C)cc1C. The van der Waals surface area contributed by atoms with Crippen LogP contribution in [0.5, 0.6) is 5.75 Å². The third kappa shape index (κ3) is 2.70. The molecular weight excluding hydrogens is 248 g/mol. The molecular formula is C17H28N2O. The van der Waals surface area contributed by atoms with Crippen molar-refractivity contribution >= 4 is 0 Å². The van der Waals surface area contributed by atoms with Crippen LogP contribution in [-0.4, -0.2) is 7.11 Å². The summed E-state index contributed by atoms with van der Waals surface area (Å²) in [5, 5.41) is 0. The topological polar surface area (TPSA) is 47.3 Å². The van der Waals surface area contributed by atoms with Crippen LogP contribution in [0.15, 0.2) is 12.1 Å². The Balaban J connectivity index is 2.40. The summed E-state index contributed by atoms with van der Waals surface area (Å²) >= 11 is 0. The van der Waals surface area contributed by atoms with Gasteiger partial charge in [0, 0.05) is 6.04 Å². The fourth-order valence-electron chi connectivity index (χ4n) is 3.76. The van der Waals surface area contributed by atoms with E-state index < -0.39 is 0 Å². The molecule has 2 unspecified atom stereocenters. The summed E-state index contributed by atoms with van der Waals surface area (Å²) in [5.41, 5.74) is 7.15. The first-order valence-corrected chi connectivity index (χ1v) is 7.52. The fraction of sp³-hybridized carbons (Fsp3) is 0.647. The Hall–Kier alpha value is -1.06. The summed E-state index contributed by atoms with van der Waals surface area (Å²) in [6.07, 6.45) is 3.82. The summed E-state index contributed by atoms with van der Waals surface area (Å²) in [6.45, 7) is 8.96. The highest BCUT2D eigenvalue weighted by molar-refractivity contribution is 5.43. The molecule has 0 saturated heterocycles. The zero-order valence-electron chi connectivity index (χ0n) is 13.4. The number of hydrogen-bond acceptors (Lipinski definition) is 3. The van der Waals surface area contributed by atoms with E-state index in [1.165, 1.54) is 36.0 Å². The molecule has 1 aromatic rings. The van der Waals surface area contributed by atoms with Gasteiger partial charge in [-0.05, 0) is 60.8 Å². The van der Waals surface area contributed by atoms with E-state index in [2.05, 4.69) is 45.3 Å². The van der Waals surface area contributed by atoms with Gasteiger partial charge in [0.25, 0.3) is 0 Å². The van der Waals surface area contributed by atoms with Crippen LogP contribution < -0.4 is 16.0 Å². The largest absolute Gasteiger partial charge is 0.496 e. The first-order chi connectivity index (χ1) is 9.40. The number of methoxy groups -OCH3 is 1. The lowest BCUT2D eigenvalue weighted by Crippen LogP contribution is -2.38. The van der Waals surface area contributed by atoms with Crippen molar-refractivity contribution in [1.82, 2.24) is 5.43 Å². The molecule has 0 radical (unpaired) electrons. The standard InChI is InChI=1S/C17H28N2O/c1-11-10-15(20-5)12(2)9-13(11)16(19-18)14-7-6-8-17(14,3)4/h9-10,14,16,19H,6-8,18H2,1-5H3. The average Bonchev–Trinajstić information content (AvgIpc) is 2.74. The molecule has 3 nitrogen and oxygen atoms in total. The number of ether oxygens (including phenoxy) is 1. The minimum atomic E-state index is 0.220. The lowest BCUT2D eigenvalue weighted by atomic mass is 9.75. The molecule has 3 N–H and O–H groups in total. The molecule has 1 aromatic carbocycles. The second-order valence-electron chi connectivity index (χ2n) is 6.81.